The number of hydrogen-bond donors (Lipinski definition) is 1. The molecule has 1 atom stereocenters. The number of rotatable bonds is 4. The summed E-state index contributed by atoms with van der Waals surface area (Å²) in [5.41, 5.74) is 5.91. The number of thioether (sulfide) groups is 1. The van der Waals surface area contributed by atoms with E-state index in [1.54, 1.807) is 17.0 Å². The number of carbonyl (C=O) groups is 1. The normalized spacial score (nSPS) is 18.0. The van der Waals surface area contributed by atoms with Crippen LogP contribution < -0.4 is 5.73 Å². The van der Waals surface area contributed by atoms with E-state index in [9.17, 15) is 14.9 Å². The molecule has 1 unspecified atom stereocenters. The molecule has 1 aromatic rings. The molecule has 0 saturated carbocycles. The second-order valence-electron chi connectivity index (χ2n) is 4.78. The molecule has 0 aliphatic carbocycles. The summed E-state index contributed by atoms with van der Waals surface area (Å²) in [6, 6.07) is 6.31. The number of amides is 1. The minimum atomic E-state index is -0.436. The Balaban J connectivity index is 0.00000220. The van der Waals surface area contributed by atoms with Crippen LogP contribution in [0.5, 0.6) is 0 Å². The van der Waals surface area contributed by atoms with Crippen molar-refractivity contribution in [2.24, 2.45) is 5.73 Å². The molecule has 0 spiro atoms. The van der Waals surface area contributed by atoms with Gasteiger partial charge >= 0.3 is 0 Å². The number of hydrogen-bond acceptors (Lipinski definition) is 5. The average molecular weight is 332 g/mol. The number of likely N-dealkylation sites (tertiary alicyclic amines) is 1. The molecule has 2 rings (SSSR count). The lowest BCUT2D eigenvalue weighted by molar-refractivity contribution is -0.384. The van der Waals surface area contributed by atoms with Gasteiger partial charge in [-0.1, -0.05) is 0 Å². The van der Waals surface area contributed by atoms with Gasteiger partial charge in [-0.05, 0) is 25.0 Å². The molecule has 1 fully saturated rings. The Bertz CT molecular complexity index is 498. The van der Waals surface area contributed by atoms with Crippen LogP contribution in [0, 0.1) is 10.1 Å². The zero-order valence-electron chi connectivity index (χ0n) is 11.4. The number of benzene rings is 1. The van der Waals surface area contributed by atoms with Crippen LogP contribution in [0.25, 0.3) is 0 Å². The van der Waals surface area contributed by atoms with E-state index in [1.807, 2.05) is 0 Å². The van der Waals surface area contributed by atoms with Crippen molar-refractivity contribution in [3.05, 3.63) is 34.4 Å². The van der Waals surface area contributed by atoms with Gasteiger partial charge in [-0.2, -0.15) is 0 Å². The third-order valence-electron chi connectivity index (χ3n) is 3.22. The summed E-state index contributed by atoms with van der Waals surface area (Å²) in [4.78, 5) is 24.8. The molecule has 1 amide bonds. The van der Waals surface area contributed by atoms with Crippen molar-refractivity contribution in [3.63, 3.8) is 0 Å². The summed E-state index contributed by atoms with van der Waals surface area (Å²) >= 11 is 1.39. The van der Waals surface area contributed by atoms with Gasteiger partial charge in [-0.3, -0.25) is 14.9 Å². The number of nitro groups is 1. The van der Waals surface area contributed by atoms with E-state index < -0.39 is 4.92 Å². The zero-order chi connectivity index (χ0) is 14.5. The van der Waals surface area contributed by atoms with E-state index in [0.29, 0.717) is 12.3 Å². The van der Waals surface area contributed by atoms with Crippen molar-refractivity contribution in [3.8, 4) is 0 Å². The van der Waals surface area contributed by atoms with E-state index in [4.69, 9.17) is 5.73 Å². The lowest BCUT2D eigenvalue weighted by Gasteiger charge is -2.30. The monoisotopic (exact) mass is 331 g/mol. The highest BCUT2D eigenvalue weighted by Gasteiger charge is 2.21. The van der Waals surface area contributed by atoms with Gasteiger partial charge in [0.2, 0.25) is 5.91 Å². The topological polar surface area (TPSA) is 89.5 Å². The highest BCUT2D eigenvalue weighted by molar-refractivity contribution is 8.00. The zero-order valence-corrected chi connectivity index (χ0v) is 13.1. The van der Waals surface area contributed by atoms with E-state index in [0.717, 1.165) is 24.3 Å². The lowest BCUT2D eigenvalue weighted by atomic mass is 10.1. The smallest absolute Gasteiger partial charge is 0.269 e. The maximum atomic E-state index is 12.0. The summed E-state index contributed by atoms with van der Waals surface area (Å²) in [5, 5.41) is 10.5. The Morgan fingerprint density at radius 2 is 2.10 bits per heavy atom. The van der Waals surface area contributed by atoms with Gasteiger partial charge in [0.25, 0.3) is 5.69 Å². The molecule has 6 nitrogen and oxygen atoms in total. The number of piperidine rings is 1. The molecule has 8 heteroatoms. The number of carbonyl (C=O) groups excluding carboxylic acids is 1. The van der Waals surface area contributed by atoms with Gasteiger partial charge < -0.3 is 10.6 Å². The van der Waals surface area contributed by atoms with Crippen LogP contribution in [0.1, 0.15) is 12.8 Å². The maximum absolute atomic E-state index is 12.0. The highest BCUT2D eigenvalue weighted by atomic mass is 35.5. The first-order chi connectivity index (χ1) is 9.56. The predicted molar refractivity (Wildman–Crippen MR) is 84.9 cm³/mol. The molecule has 1 aliphatic heterocycles. The quantitative estimate of drug-likeness (QED) is 0.518. The van der Waals surface area contributed by atoms with Gasteiger partial charge in [-0.25, -0.2) is 0 Å². The first kappa shape index (κ1) is 17.7. The Hall–Kier alpha value is -1.31. The fourth-order valence-electron chi connectivity index (χ4n) is 2.14. The first-order valence-electron chi connectivity index (χ1n) is 6.47. The number of non-ortho nitro benzene ring substituents is 1. The molecule has 116 valence electrons. The third kappa shape index (κ3) is 5.18. The second kappa shape index (κ2) is 8.21. The Labute approximate surface area is 133 Å². The fraction of sp³-hybridized carbons (Fsp3) is 0.462. The van der Waals surface area contributed by atoms with Gasteiger partial charge in [0, 0.05) is 36.2 Å². The van der Waals surface area contributed by atoms with Crippen molar-refractivity contribution < 1.29 is 9.72 Å². The van der Waals surface area contributed by atoms with Crippen molar-refractivity contribution in [1.82, 2.24) is 4.90 Å². The van der Waals surface area contributed by atoms with Crippen LogP contribution in [0.2, 0.25) is 0 Å². The van der Waals surface area contributed by atoms with Crippen molar-refractivity contribution in [2.45, 2.75) is 23.8 Å². The van der Waals surface area contributed by atoms with E-state index in [2.05, 4.69) is 0 Å². The van der Waals surface area contributed by atoms with Gasteiger partial charge in [-0.15, -0.1) is 24.2 Å². The van der Waals surface area contributed by atoms with Crippen LogP contribution in [0.4, 0.5) is 5.69 Å². The standard InChI is InChI=1S/C13H17N3O3S.ClH/c14-10-2-1-7-15(8-10)13(17)9-20-12-5-3-11(4-6-12)16(18)19;/h3-6,10H,1-2,7-9,14H2;1H. The SMILES string of the molecule is Cl.NC1CCCN(C(=O)CSc2ccc([N+](=O)[O-])cc2)C1. The average Bonchev–Trinajstić information content (AvgIpc) is 2.45. The minimum Gasteiger partial charge on any atom is -0.340 e. The lowest BCUT2D eigenvalue weighted by Crippen LogP contribution is -2.46. The van der Waals surface area contributed by atoms with Crippen LogP contribution in [-0.4, -0.2) is 40.6 Å². The molecule has 0 radical (unpaired) electrons. The van der Waals surface area contributed by atoms with Crippen LogP contribution in [0.15, 0.2) is 29.2 Å². The number of nitro benzene ring substituents is 1. The second-order valence-corrected chi connectivity index (χ2v) is 5.83. The Kier molecular flexibility index (Phi) is 6.94. The first-order valence-corrected chi connectivity index (χ1v) is 7.45. The third-order valence-corrected chi connectivity index (χ3v) is 4.22. The van der Waals surface area contributed by atoms with Gasteiger partial charge in [0.1, 0.15) is 0 Å². The predicted octanol–water partition coefficient (Wildman–Crippen LogP) is 2.06. The summed E-state index contributed by atoms with van der Waals surface area (Å²) < 4.78 is 0. The Morgan fingerprint density at radius 3 is 2.67 bits per heavy atom. The minimum absolute atomic E-state index is 0. The van der Waals surface area contributed by atoms with Crippen molar-refractivity contribution in [2.75, 3.05) is 18.8 Å². The summed E-state index contributed by atoms with van der Waals surface area (Å²) in [7, 11) is 0. The molecular weight excluding hydrogens is 314 g/mol. The molecule has 1 saturated heterocycles. The molecule has 1 heterocycles. The van der Waals surface area contributed by atoms with Gasteiger partial charge in [0.05, 0.1) is 10.7 Å². The van der Waals surface area contributed by atoms with Crippen LogP contribution in [0.3, 0.4) is 0 Å². The molecule has 1 aromatic carbocycles. The molecule has 0 bridgehead atoms. The van der Waals surface area contributed by atoms with Gasteiger partial charge in [0.15, 0.2) is 0 Å². The summed E-state index contributed by atoms with van der Waals surface area (Å²) in [6.45, 7) is 1.40. The number of nitrogens with zero attached hydrogens (tertiary/aromatic N) is 2. The van der Waals surface area contributed by atoms with Crippen LogP contribution >= 0.6 is 24.2 Å². The molecule has 1 aliphatic rings. The molecular formula is C13H18ClN3O3S. The Morgan fingerprint density at radius 1 is 1.43 bits per heavy atom. The molecule has 21 heavy (non-hydrogen) atoms. The molecule has 2 N–H and O–H groups in total. The number of halogens is 1. The van der Waals surface area contributed by atoms with Crippen molar-refractivity contribution >= 4 is 35.8 Å². The largest absolute Gasteiger partial charge is 0.340 e. The summed E-state index contributed by atoms with van der Waals surface area (Å²) in [6.07, 6.45) is 1.92. The fourth-order valence-corrected chi connectivity index (χ4v) is 2.94. The van der Waals surface area contributed by atoms with E-state index in [-0.39, 0.29) is 30.0 Å². The maximum Gasteiger partial charge on any atom is 0.269 e. The number of nitrogens with two attached hydrogens (primary N) is 1. The summed E-state index contributed by atoms with van der Waals surface area (Å²) in [5.74, 6) is 0.411. The molecule has 0 aromatic heterocycles. The van der Waals surface area contributed by atoms with Crippen molar-refractivity contribution in [1.29, 1.82) is 0 Å². The highest BCUT2D eigenvalue weighted by Crippen LogP contribution is 2.22. The van der Waals surface area contributed by atoms with E-state index in [1.165, 1.54) is 23.9 Å². The van der Waals surface area contributed by atoms with E-state index >= 15 is 0 Å². The van der Waals surface area contributed by atoms with Crippen LogP contribution in [-0.2, 0) is 4.79 Å².